The second-order valence-electron chi connectivity index (χ2n) is 6.13. The molecule has 0 aliphatic rings. The Labute approximate surface area is 123 Å². The van der Waals surface area contributed by atoms with Crippen LogP contribution in [0.15, 0.2) is 18.2 Å². The minimum atomic E-state index is 0.610. The number of nitrogens with zero attached hydrogens (tertiary/aromatic N) is 2. The van der Waals surface area contributed by atoms with Gasteiger partial charge in [0.2, 0.25) is 0 Å². The molecule has 1 aromatic rings. The van der Waals surface area contributed by atoms with E-state index in [1.54, 1.807) is 7.11 Å². The van der Waals surface area contributed by atoms with Crippen LogP contribution in [0.4, 0.5) is 0 Å². The van der Waals surface area contributed by atoms with Gasteiger partial charge in [0.05, 0.1) is 12.7 Å². The Bertz CT molecular complexity index is 451. The molecule has 1 aromatic carbocycles. The van der Waals surface area contributed by atoms with Crippen LogP contribution in [-0.2, 0) is 6.54 Å². The summed E-state index contributed by atoms with van der Waals surface area (Å²) in [5, 5.41) is 9.16. The van der Waals surface area contributed by atoms with Crippen LogP contribution in [0, 0.1) is 23.2 Å². The highest BCUT2D eigenvalue weighted by molar-refractivity contribution is 5.45. The average molecular weight is 274 g/mol. The second kappa shape index (κ2) is 7.91. The molecule has 0 N–H and O–H groups in total. The van der Waals surface area contributed by atoms with Crippen molar-refractivity contribution >= 4 is 0 Å². The molecule has 0 bridgehead atoms. The van der Waals surface area contributed by atoms with Crippen molar-refractivity contribution in [1.82, 2.24) is 4.90 Å². The number of nitriles is 1. The zero-order valence-electron chi connectivity index (χ0n) is 13.3. The van der Waals surface area contributed by atoms with Crippen molar-refractivity contribution in [2.24, 2.45) is 11.8 Å². The van der Waals surface area contributed by atoms with Crippen LogP contribution in [0.2, 0.25) is 0 Å². The van der Waals surface area contributed by atoms with Crippen LogP contribution in [0.5, 0.6) is 5.75 Å². The van der Waals surface area contributed by atoms with Gasteiger partial charge < -0.3 is 4.74 Å². The van der Waals surface area contributed by atoms with E-state index in [4.69, 9.17) is 10.00 Å². The second-order valence-corrected chi connectivity index (χ2v) is 6.13. The van der Waals surface area contributed by atoms with Crippen molar-refractivity contribution in [3.63, 3.8) is 0 Å². The molecule has 110 valence electrons. The van der Waals surface area contributed by atoms with Crippen LogP contribution in [0.1, 0.15) is 38.8 Å². The van der Waals surface area contributed by atoms with E-state index < -0.39 is 0 Å². The molecule has 0 saturated carbocycles. The Morgan fingerprint density at radius 1 is 1.15 bits per heavy atom. The molecule has 0 fully saturated rings. The van der Waals surface area contributed by atoms with E-state index in [1.165, 1.54) is 5.56 Å². The third-order valence-electron chi connectivity index (χ3n) is 3.04. The Morgan fingerprint density at radius 2 is 1.75 bits per heavy atom. The molecule has 0 heterocycles. The van der Waals surface area contributed by atoms with Crippen molar-refractivity contribution in [3.05, 3.63) is 29.3 Å². The summed E-state index contributed by atoms with van der Waals surface area (Å²) in [6, 6.07) is 8.07. The van der Waals surface area contributed by atoms with Gasteiger partial charge >= 0.3 is 0 Å². The molecule has 0 aromatic heterocycles. The molecule has 0 unspecified atom stereocenters. The zero-order chi connectivity index (χ0) is 15.1. The molecule has 0 radical (unpaired) electrons. The van der Waals surface area contributed by atoms with Gasteiger partial charge in [0.15, 0.2) is 0 Å². The summed E-state index contributed by atoms with van der Waals surface area (Å²) in [5.74, 6) is 1.93. The monoisotopic (exact) mass is 274 g/mol. The van der Waals surface area contributed by atoms with Gasteiger partial charge in [-0.1, -0.05) is 33.8 Å². The summed E-state index contributed by atoms with van der Waals surface area (Å²) in [5.41, 5.74) is 1.78. The summed E-state index contributed by atoms with van der Waals surface area (Å²) < 4.78 is 5.19. The van der Waals surface area contributed by atoms with Crippen molar-refractivity contribution in [1.29, 1.82) is 5.26 Å². The maximum atomic E-state index is 9.16. The Hall–Kier alpha value is -1.53. The molecule has 20 heavy (non-hydrogen) atoms. The van der Waals surface area contributed by atoms with E-state index in [2.05, 4.69) is 38.7 Å². The maximum absolute atomic E-state index is 9.16. The van der Waals surface area contributed by atoms with E-state index >= 15 is 0 Å². The van der Waals surface area contributed by atoms with E-state index in [0.29, 0.717) is 23.1 Å². The highest BCUT2D eigenvalue weighted by Gasteiger charge is 2.11. The van der Waals surface area contributed by atoms with Gasteiger partial charge in [0.1, 0.15) is 11.8 Å². The molecule has 0 spiro atoms. The minimum absolute atomic E-state index is 0.610. The van der Waals surface area contributed by atoms with E-state index in [0.717, 1.165) is 19.6 Å². The van der Waals surface area contributed by atoms with Gasteiger partial charge in [-0.15, -0.1) is 0 Å². The lowest BCUT2D eigenvalue weighted by molar-refractivity contribution is 0.211. The first kappa shape index (κ1) is 16.5. The van der Waals surface area contributed by atoms with Gasteiger partial charge in [-0.2, -0.15) is 5.26 Å². The number of methoxy groups -OCH3 is 1. The first-order valence-corrected chi connectivity index (χ1v) is 7.25. The number of hydrogen-bond acceptors (Lipinski definition) is 3. The zero-order valence-corrected chi connectivity index (χ0v) is 13.3. The SMILES string of the molecule is COc1ccc(CN(CC(C)C)CC(C)C)cc1C#N. The van der Waals surface area contributed by atoms with E-state index in [-0.39, 0.29) is 0 Å². The normalized spacial score (nSPS) is 11.2. The highest BCUT2D eigenvalue weighted by atomic mass is 16.5. The molecule has 0 aliphatic carbocycles. The molecule has 0 saturated heterocycles. The van der Waals surface area contributed by atoms with Crippen LogP contribution in [0.25, 0.3) is 0 Å². The molecule has 0 amide bonds. The number of benzene rings is 1. The molecule has 0 atom stereocenters. The Kier molecular flexibility index (Phi) is 6.54. The molecule has 1 rings (SSSR count). The van der Waals surface area contributed by atoms with Gasteiger partial charge in [-0.25, -0.2) is 0 Å². The third-order valence-corrected chi connectivity index (χ3v) is 3.04. The van der Waals surface area contributed by atoms with Gasteiger partial charge in [0, 0.05) is 19.6 Å². The van der Waals surface area contributed by atoms with Crippen molar-refractivity contribution in [2.45, 2.75) is 34.2 Å². The standard InChI is InChI=1S/C17H26N2O/c1-13(2)10-19(11-14(3)4)12-15-6-7-17(20-5)16(8-15)9-18/h6-8,13-14H,10-12H2,1-5H3. The van der Waals surface area contributed by atoms with Crippen LogP contribution < -0.4 is 4.74 Å². The molecular weight excluding hydrogens is 248 g/mol. The Morgan fingerprint density at radius 3 is 2.20 bits per heavy atom. The van der Waals surface area contributed by atoms with Crippen LogP contribution >= 0.6 is 0 Å². The fraction of sp³-hybridized carbons (Fsp3) is 0.588. The first-order chi connectivity index (χ1) is 9.46. The lowest BCUT2D eigenvalue weighted by atomic mass is 10.1. The third kappa shape index (κ3) is 5.22. The van der Waals surface area contributed by atoms with Gasteiger partial charge in [-0.3, -0.25) is 4.90 Å². The van der Waals surface area contributed by atoms with Crippen molar-refractivity contribution in [3.8, 4) is 11.8 Å². The number of rotatable bonds is 7. The Balaban J connectivity index is 2.85. The van der Waals surface area contributed by atoms with Gasteiger partial charge in [0.25, 0.3) is 0 Å². The summed E-state index contributed by atoms with van der Waals surface area (Å²) in [4.78, 5) is 2.46. The minimum Gasteiger partial charge on any atom is -0.495 e. The van der Waals surface area contributed by atoms with Crippen LogP contribution in [0.3, 0.4) is 0 Å². The first-order valence-electron chi connectivity index (χ1n) is 7.25. The van der Waals surface area contributed by atoms with E-state index in [1.807, 2.05) is 18.2 Å². The molecule has 0 aliphatic heterocycles. The fourth-order valence-corrected chi connectivity index (χ4v) is 2.44. The predicted octanol–water partition coefficient (Wildman–Crippen LogP) is 3.68. The topological polar surface area (TPSA) is 36.3 Å². The van der Waals surface area contributed by atoms with Crippen molar-refractivity contribution in [2.75, 3.05) is 20.2 Å². The molecule has 3 heteroatoms. The van der Waals surface area contributed by atoms with Crippen molar-refractivity contribution < 1.29 is 4.74 Å². The highest BCUT2D eigenvalue weighted by Crippen LogP contribution is 2.20. The summed E-state index contributed by atoms with van der Waals surface area (Å²) in [7, 11) is 1.60. The summed E-state index contributed by atoms with van der Waals surface area (Å²) >= 11 is 0. The van der Waals surface area contributed by atoms with Gasteiger partial charge in [-0.05, 0) is 29.5 Å². The van der Waals surface area contributed by atoms with Crippen LogP contribution in [-0.4, -0.2) is 25.1 Å². The van der Waals surface area contributed by atoms with E-state index in [9.17, 15) is 0 Å². The summed E-state index contributed by atoms with van der Waals surface area (Å²) in [6.07, 6.45) is 0. The molecule has 3 nitrogen and oxygen atoms in total. The number of ether oxygens (including phenoxy) is 1. The lowest BCUT2D eigenvalue weighted by Gasteiger charge is -2.26. The predicted molar refractivity (Wildman–Crippen MR) is 82.7 cm³/mol. The summed E-state index contributed by atoms with van der Waals surface area (Å²) in [6.45, 7) is 12.0. The number of hydrogen-bond donors (Lipinski definition) is 0. The molecular formula is C17H26N2O. The average Bonchev–Trinajstić information content (AvgIpc) is 2.36. The quantitative estimate of drug-likeness (QED) is 0.761. The lowest BCUT2D eigenvalue weighted by Crippen LogP contribution is -2.30. The largest absolute Gasteiger partial charge is 0.495 e. The smallest absolute Gasteiger partial charge is 0.136 e. The fourth-order valence-electron chi connectivity index (χ4n) is 2.44. The maximum Gasteiger partial charge on any atom is 0.136 e.